The molecule has 2 bridgehead atoms. The minimum atomic E-state index is 0.464. The summed E-state index contributed by atoms with van der Waals surface area (Å²) in [6.45, 7) is 7.43. The van der Waals surface area contributed by atoms with Gasteiger partial charge in [0, 0.05) is 0 Å². The normalized spacial score (nSPS) is 40.9. The lowest BCUT2D eigenvalue weighted by atomic mass is 9.68. The van der Waals surface area contributed by atoms with E-state index >= 15 is 0 Å². The van der Waals surface area contributed by atoms with Crippen molar-refractivity contribution < 1.29 is 0 Å². The van der Waals surface area contributed by atoms with Crippen LogP contribution in [0, 0.1) is 16.7 Å². The van der Waals surface area contributed by atoms with Crippen LogP contribution in [0.1, 0.15) is 40.0 Å². The van der Waals surface area contributed by atoms with Crippen molar-refractivity contribution >= 4 is 0 Å². The van der Waals surface area contributed by atoms with Gasteiger partial charge in [0.25, 0.3) is 0 Å². The van der Waals surface area contributed by atoms with Gasteiger partial charge in [0.15, 0.2) is 0 Å². The van der Waals surface area contributed by atoms with E-state index in [2.05, 4.69) is 45.1 Å². The summed E-state index contributed by atoms with van der Waals surface area (Å²) in [6, 6.07) is 0. The van der Waals surface area contributed by atoms with Crippen molar-refractivity contribution in [2.24, 2.45) is 16.7 Å². The quantitative estimate of drug-likeness (QED) is 0.548. The fraction of sp³-hybridized carbons (Fsp3) is 0.600. The summed E-state index contributed by atoms with van der Waals surface area (Å²) in [7, 11) is 0. The van der Waals surface area contributed by atoms with Crippen molar-refractivity contribution in [1.29, 1.82) is 0 Å². The first kappa shape index (κ1) is 9.45. The van der Waals surface area contributed by atoms with Crippen LogP contribution in [0.5, 0.6) is 0 Å². The SMILES string of the molecule is CC12CCC(CC1=C1C=CC=C1)C2(C)C. The number of rotatable bonds is 0. The Morgan fingerprint density at radius 3 is 2.27 bits per heavy atom. The largest absolute Gasteiger partial charge is 0.0617 e. The summed E-state index contributed by atoms with van der Waals surface area (Å²) >= 11 is 0. The molecule has 0 saturated heterocycles. The van der Waals surface area contributed by atoms with Crippen LogP contribution in [-0.2, 0) is 0 Å². The Hall–Kier alpha value is -0.780. The molecule has 0 heterocycles. The second-order valence-electron chi connectivity index (χ2n) is 6.15. The van der Waals surface area contributed by atoms with E-state index in [1.54, 1.807) is 5.57 Å². The Morgan fingerprint density at radius 1 is 1.13 bits per heavy atom. The predicted molar refractivity (Wildman–Crippen MR) is 64.5 cm³/mol. The third-order valence-corrected chi connectivity index (χ3v) is 5.56. The number of fused-ring (bicyclic) bond motifs is 2. The molecule has 0 nitrogen and oxygen atoms in total. The molecule has 80 valence electrons. The molecule has 0 aromatic rings. The highest BCUT2D eigenvalue weighted by Crippen LogP contribution is 2.68. The summed E-state index contributed by atoms with van der Waals surface area (Å²) in [5.41, 5.74) is 4.22. The van der Waals surface area contributed by atoms with E-state index in [9.17, 15) is 0 Å². The monoisotopic (exact) mass is 200 g/mol. The van der Waals surface area contributed by atoms with E-state index < -0.39 is 0 Å². The fourth-order valence-corrected chi connectivity index (χ4v) is 3.98. The van der Waals surface area contributed by atoms with Crippen LogP contribution in [-0.4, -0.2) is 0 Å². The van der Waals surface area contributed by atoms with Crippen LogP contribution >= 0.6 is 0 Å². The van der Waals surface area contributed by atoms with Gasteiger partial charge in [-0.2, -0.15) is 0 Å². The van der Waals surface area contributed by atoms with Crippen LogP contribution < -0.4 is 0 Å². The zero-order valence-electron chi connectivity index (χ0n) is 10.0. The van der Waals surface area contributed by atoms with E-state index in [0.717, 1.165) is 5.92 Å². The first-order valence-electron chi connectivity index (χ1n) is 6.14. The number of hydrogen-bond acceptors (Lipinski definition) is 0. The molecule has 3 rings (SSSR count). The number of allylic oxidation sites excluding steroid dienone is 6. The highest BCUT2D eigenvalue weighted by Gasteiger charge is 2.59. The molecule has 0 spiro atoms. The molecule has 0 aliphatic heterocycles. The van der Waals surface area contributed by atoms with Crippen molar-refractivity contribution in [3.63, 3.8) is 0 Å². The summed E-state index contributed by atoms with van der Waals surface area (Å²) in [5, 5.41) is 0. The molecular weight excluding hydrogens is 180 g/mol. The Morgan fingerprint density at radius 2 is 1.80 bits per heavy atom. The second kappa shape index (κ2) is 2.66. The van der Waals surface area contributed by atoms with Gasteiger partial charge in [0.05, 0.1) is 0 Å². The first-order chi connectivity index (χ1) is 7.06. The molecule has 2 saturated carbocycles. The van der Waals surface area contributed by atoms with Crippen LogP contribution in [0.3, 0.4) is 0 Å². The maximum Gasteiger partial charge on any atom is -0.00533 e. The smallest absolute Gasteiger partial charge is 0.00533 e. The van der Waals surface area contributed by atoms with Crippen molar-refractivity contribution in [2.45, 2.75) is 40.0 Å². The van der Waals surface area contributed by atoms with Crippen LogP contribution in [0.15, 0.2) is 35.5 Å². The Bertz CT molecular complexity index is 378. The molecule has 0 aromatic carbocycles. The zero-order valence-corrected chi connectivity index (χ0v) is 10.0. The van der Waals surface area contributed by atoms with Gasteiger partial charge < -0.3 is 0 Å². The van der Waals surface area contributed by atoms with Gasteiger partial charge in [-0.15, -0.1) is 0 Å². The van der Waals surface area contributed by atoms with Crippen LogP contribution in [0.2, 0.25) is 0 Å². The van der Waals surface area contributed by atoms with Gasteiger partial charge in [-0.25, -0.2) is 0 Å². The van der Waals surface area contributed by atoms with Gasteiger partial charge in [-0.05, 0) is 41.6 Å². The van der Waals surface area contributed by atoms with Crippen molar-refractivity contribution in [1.82, 2.24) is 0 Å². The number of hydrogen-bond donors (Lipinski definition) is 0. The topological polar surface area (TPSA) is 0 Å². The Kier molecular flexibility index (Phi) is 1.68. The molecule has 3 aliphatic carbocycles. The van der Waals surface area contributed by atoms with E-state index in [1.807, 2.05) is 0 Å². The highest BCUT2D eigenvalue weighted by molar-refractivity contribution is 5.48. The lowest BCUT2D eigenvalue weighted by Gasteiger charge is -2.36. The third-order valence-electron chi connectivity index (χ3n) is 5.56. The molecule has 0 heteroatoms. The molecule has 0 N–H and O–H groups in total. The molecule has 0 amide bonds. The van der Waals surface area contributed by atoms with Crippen molar-refractivity contribution in [3.05, 3.63) is 35.5 Å². The Labute approximate surface area is 92.8 Å². The highest BCUT2D eigenvalue weighted by atomic mass is 14.6. The van der Waals surface area contributed by atoms with Gasteiger partial charge in [0.2, 0.25) is 0 Å². The average molecular weight is 200 g/mol. The first-order valence-corrected chi connectivity index (χ1v) is 6.14. The minimum Gasteiger partial charge on any atom is -0.0617 e. The molecule has 3 aliphatic rings. The van der Waals surface area contributed by atoms with Gasteiger partial charge in [-0.3, -0.25) is 0 Å². The molecule has 2 fully saturated rings. The Balaban J connectivity index is 2.14. The zero-order chi connectivity index (χ0) is 10.7. The molecule has 0 aromatic heterocycles. The lowest BCUT2D eigenvalue weighted by molar-refractivity contribution is 0.179. The van der Waals surface area contributed by atoms with Crippen molar-refractivity contribution in [2.75, 3.05) is 0 Å². The maximum atomic E-state index is 2.49. The second-order valence-corrected chi connectivity index (χ2v) is 6.15. The van der Waals surface area contributed by atoms with Crippen LogP contribution in [0.25, 0.3) is 0 Å². The predicted octanol–water partition coefficient (Wildman–Crippen LogP) is 4.26. The third kappa shape index (κ3) is 0.979. The summed E-state index contributed by atoms with van der Waals surface area (Å²) < 4.78 is 0. The molecule has 2 atom stereocenters. The maximum absolute atomic E-state index is 2.49. The van der Waals surface area contributed by atoms with E-state index in [0.29, 0.717) is 10.8 Å². The lowest BCUT2D eigenvalue weighted by Crippen LogP contribution is -2.28. The fourth-order valence-electron chi connectivity index (χ4n) is 3.98. The standard InChI is InChI=1S/C15H20/c1-14(2)12-8-9-15(14,3)13(10-12)11-6-4-5-7-11/h4-7,12H,8-10H2,1-3H3. The molecule has 0 radical (unpaired) electrons. The van der Waals surface area contributed by atoms with Gasteiger partial charge >= 0.3 is 0 Å². The summed E-state index contributed by atoms with van der Waals surface area (Å²) in [4.78, 5) is 0. The summed E-state index contributed by atoms with van der Waals surface area (Å²) in [5.74, 6) is 0.924. The summed E-state index contributed by atoms with van der Waals surface area (Å²) in [6.07, 6.45) is 13.1. The average Bonchev–Trinajstić information content (AvgIpc) is 2.80. The van der Waals surface area contributed by atoms with Crippen molar-refractivity contribution in [3.8, 4) is 0 Å². The van der Waals surface area contributed by atoms with E-state index in [4.69, 9.17) is 0 Å². The van der Waals surface area contributed by atoms with Gasteiger partial charge in [-0.1, -0.05) is 50.6 Å². The molecule has 15 heavy (non-hydrogen) atoms. The van der Waals surface area contributed by atoms with E-state index in [-0.39, 0.29) is 0 Å². The molecule has 2 unspecified atom stereocenters. The van der Waals surface area contributed by atoms with Gasteiger partial charge in [0.1, 0.15) is 0 Å². The van der Waals surface area contributed by atoms with Crippen LogP contribution in [0.4, 0.5) is 0 Å². The minimum absolute atomic E-state index is 0.464. The van der Waals surface area contributed by atoms with E-state index in [1.165, 1.54) is 24.8 Å². The molecular formula is C15H20.